The SMILES string of the molecule is O=C1CCC(=NNc2ccc([N+](=O)[O-])cc2)c2cc(Br)ccc2N1. The molecule has 24 heavy (non-hydrogen) atoms. The Kier molecular flexibility index (Phi) is 4.57. The molecule has 1 aliphatic rings. The summed E-state index contributed by atoms with van der Waals surface area (Å²) in [5.41, 5.74) is 5.84. The minimum absolute atomic E-state index is 0.0201. The number of hydrazone groups is 1. The van der Waals surface area contributed by atoms with Crippen LogP contribution in [0.3, 0.4) is 0 Å². The maximum atomic E-state index is 11.8. The Balaban J connectivity index is 1.88. The number of fused-ring (bicyclic) bond motifs is 1. The predicted molar refractivity (Wildman–Crippen MR) is 95.3 cm³/mol. The lowest BCUT2D eigenvalue weighted by molar-refractivity contribution is -0.384. The minimum Gasteiger partial charge on any atom is -0.325 e. The van der Waals surface area contributed by atoms with Crippen LogP contribution in [-0.2, 0) is 4.79 Å². The van der Waals surface area contributed by atoms with Gasteiger partial charge in [-0.15, -0.1) is 0 Å². The third kappa shape index (κ3) is 3.60. The first-order valence-corrected chi connectivity index (χ1v) is 7.99. The number of nitrogens with zero attached hydrogens (tertiary/aromatic N) is 2. The number of rotatable bonds is 3. The Morgan fingerprint density at radius 3 is 2.62 bits per heavy atom. The molecule has 0 bridgehead atoms. The molecule has 1 heterocycles. The highest BCUT2D eigenvalue weighted by Crippen LogP contribution is 2.26. The molecule has 0 radical (unpaired) electrons. The zero-order valence-corrected chi connectivity index (χ0v) is 14.0. The number of anilines is 2. The van der Waals surface area contributed by atoms with Gasteiger partial charge in [-0.2, -0.15) is 5.10 Å². The second-order valence-corrected chi connectivity index (χ2v) is 6.13. The second-order valence-electron chi connectivity index (χ2n) is 5.21. The maximum absolute atomic E-state index is 11.8. The molecule has 1 amide bonds. The van der Waals surface area contributed by atoms with Crippen molar-refractivity contribution in [3.05, 3.63) is 62.6 Å². The van der Waals surface area contributed by atoms with Crippen molar-refractivity contribution in [2.24, 2.45) is 5.10 Å². The summed E-state index contributed by atoms with van der Waals surface area (Å²) in [6, 6.07) is 11.6. The van der Waals surface area contributed by atoms with E-state index in [9.17, 15) is 14.9 Å². The van der Waals surface area contributed by atoms with Gasteiger partial charge in [0.05, 0.1) is 16.3 Å². The lowest BCUT2D eigenvalue weighted by Crippen LogP contribution is -2.08. The summed E-state index contributed by atoms with van der Waals surface area (Å²) in [6.45, 7) is 0. The van der Waals surface area contributed by atoms with Crippen molar-refractivity contribution in [2.45, 2.75) is 12.8 Å². The Bertz CT molecular complexity index is 834. The Labute approximate surface area is 146 Å². The first kappa shape index (κ1) is 16.1. The molecule has 0 saturated carbocycles. The van der Waals surface area contributed by atoms with Crippen LogP contribution in [0.1, 0.15) is 18.4 Å². The van der Waals surface area contributed by atoms with Crippen molar-refractivity contribution in [1.29, 1.82) is 0 Å². The third-order valence-electron chi connectivity index (χ3n) is 3.55. The van der Waals surface area contributed by atoms with Gasteiger partial charge in [-0.25, -0.2) is 0 Å². The molecule has 1 aliphatic heterocycles. The molecule has 0 unspecified atom stereocenters. The fraction of sp³-hybridized carbons (Fsp3) is 0.125. The molecule has 0 fully saturated rings. The normalized spacial score (nSPS) is 15.4. The first-order chi connectivity index (χ1) is 11.5. The van der Waals surface area contributed by atoms with Crippen LogP contribution in [0.15, 0.2) is 52.0 Å². The third-order valence-corrected chi connectivity index (χ3v) is 4.05. The summed E-state index contributed by atoms with van der Waals surface area (Å²) >= 11 is 3.42. The zero-order chi connectivity index (χ0) is 17.1. The number of nitrogens with one attached hydrogen (secondary N) is 2. The van der Waals surface area contributed by atoms with Crippen LogP contribution in [0, 0.1) is 10.1 Å². The van der Waals surface area contributed by atoms with E-state index < -0.39 is 4.92 Å². The van der Waals surface area contributed by atoms with Crippen molar-refractivity contribution < 1.29 is 9.72 Å². The van der Waals surface area contributed by atoms with Gasteiger partial charge in [0.2, 0.25) is 5.91 Å². The number of hydrogen-bond donors (Lipinski definition) is 2. The van der Waals surface area contributed by atoms with E-state index in [2.05, 4.69) is 31.8 Å². The lowest BCUT2D eigenvalue weighted by atomic mass is 10.1. The molecular weight excluding hydrogens is 376 g/mol. The highest BCUT2D eigenvalue weighted by atomic mass is 79.9. The molecule has 122 valence electrons. The Hall–Kier alpha value is -2.74. The quantitative estimate of drug-likeness (QED) is 0.615. The Morgan fingerprint density at radius 1 is 1.17 bits per heavy atom. The predicted octanol–water partition coefficient (Wildman–Crippen LogP) is 3.91. The number of amides is 1. The van der Waals surface area contributed by atoms with Gasteiger partial charge in [0, 0.05) is 40.7 Å². The number of carbonyl (C=O) groups is 1. The largest absolute Gasteiger partial charge is 0.325 e. The summed E-state index contributed by atoms with van der Waals surface area (Å²) in [5.74, 6) is -0.0564. The zero-order valence-electron chi connectivity index (χ0n) is 12.5. The maximum Gasteiger partial charge on any atom is 0.269 e. The first-order valence-electron chi connectivity index (χ1n) is 7.20. The average Bonchev–Trinajstić information content (AvgIpc) is 2.72. The summed E-state index contributed by atoms with van der Waals surface area (Å²) in [7, 11) is 0. The van der Waals surface area contributed by atoms with Crippen molar-refractivity contribution in [1.82, 2.24) is 0 Å². The fourth-order valence-electron chi connectivity index (χ4n) is 2.35. The van der Waals surface area contributed by atoms with E-state index in [0.717, 1.165) is 15.7 Å². The number of benzene rings is 2. The molecule has 0 aliphatic carbocycles. The number of carbonyl (C=O) groups excluding carboxylic acids is 1. The van der Waals surface area contributed by atoms with E-state index in [-0.39, 0.29) is 11.6 Å². The molecule has 2 aromatic rings. The molecule has 0 spiro atoms. The van der Waals surface area contributed by atoms with Crippen molar-refractivity contribution in [2.75, 3.05) is 10.7 Å². The van der Waals surface area contributed by atoms with Crippen LogP contribution in [0.4, 0.5) is 17.1 Å². The molecule has 3 rings (SSSR count). The van der Waals surface area contributed by atoms with Gasteiger partial charge in [0.1, 0.15) is 0 Å². The Morgan fingerprint density at radius 2 is 1.92 bits per heavy atom. The topological polar surface area (TPSA) is 96.6 Å². The molecule has 2 N–H and O–H groups in total. The highest BCUT2D eigenvalue weighted by Gasteiger charge is 2.18. The van der Waals surface area contributed by atoms with Crippen LogP contribution in [-0.4, -0.2) is 16.5 Å². The van der Waals surface area contributed by atoms with Crippen LogP contribution in [0.2, 0.25) is 0 Å². The van der Waals surface area contributed by atoms with Crippen LogP contribution in [0.25, 0.3) is 0 Å². The molecule has 0 saturated heterocycles. The number of halogens is 1. The molecular formula is C16H13BrN4O3. The lowest BCUT2D eigenvalue weighted by Gasteiger charge is -2.09. The monoisotopic (exact) mass is 388 g/mol. The van der Waals surface area contributed by atoms with E-state index >= 15 is 0 Å². The van der Waals surface area contributed by atoms with Gasteiger partial charge >= 0.3 is 0 Å². The van der Waals surface area contributed by atoms with Crippen LogP contribution >= 0.6 is 15.9 Å². The van der Waals surface area contributed by atoms with Gasteiger partial charge in [-0.05, 0) is 30.3 Å². The van der Waals surface area contributed by atoms with Gasteiger partial charge in [-0.3, -0.25) is 20.3 Å². The molecule has 2 aromatic carbocycles. The molecule has 7 nitrogen and oxygen atoms in total. The number of nitro benzene ring substituents is 1. The summed E-state index contributed by atoms with van der Waals surface area (Å²) in [6.07, 6.45) is 0.836. The van der Waals surface area contributed by atoms with Gasteiger partial charge in [-0.1, -0.05) is 15.9 Å². The fourth-order valence-corrected chi connectivity index (χ4v) is 2.71. The van der Waals surface area contributed by atoms with E-state index in [1.165, 1.54) is 12.1 Å². The minimum atomic E-state index is -0.452. The number of hydrogen-bond acceptors (Lipinski definition) is 5. The van der Waals surface area contributed by atoms with Gasteiger partial charge in [0.15, 0.2) is 0 Å². The molecule has 0 aromatic heterocycles. The molecule has 0 atom stereocenters. The standard InChI is InChI=1S/C16H13BrN4O3/c17-10-1-6-14-13(9-10)15(7-8-16(22)18-14)20-19-11-2-4-12(5-3-11)21(23)24/h1-6,9,19H,7-8H2,(H,18,22). The van der Waals surface area contributed by atoms with Crippen molar-refractivity contribution in [3.8, 4) is 0 Å². The number of nitro groups is 1. The van der Waals surface area contributed by atoms with Crippen molar-refractivity contribution >= 4 is 44.6 Å². The van der Waals surface area contributed by atoms with E-state index in [1.54, 1.807) is 12.1 Å². The van der Waals surface area contributed by atoms with E-state index in [0.29, 0.717) is 24.2 Å². The summed E-state index contributed by atoms with van der Waals surface area (Å²) < 4.78 is 0.889. The van der Waals surface area contributed by atoms with E-state index in [4.69, 9.17) is 0 Å². The summed E-state index contributed by atoms with van der Waals surface area (Å²) in [5, 5.41) is 17.9. The van der Waals surface area contributed by atoms with E-state index in [1.807, 2.05) is 18.2 Å². The van der Waals surface area contributed by atoms with Crippen molar-refractivity contribution in [3.63, 3.8) is 0 Å². The summed E-state index contributed by atoms with van der Waals surface area (Å²) in [4.78, 5) is 22.0. The highest BCUT2D eigenvalue weighted by molar-refractivity contribution is 9.10. The second kappa shape index (κ2) is 6.79. The molecule has 8 heteroatoms. The van der Waals surface area contributed by atoms with Crippen LogP contribution in [0.5, 0.6) is 0 Å². The van der Waals surface area contributed by atoms with Crippen LogP contribution < -0.4 is 10.7 Å². The average molecular weight is 389 g/mol. The number of non-ortho nitro benzene ring substituents is 1. The van der Waals surface area contributed by atoms with Gasteiger partial charge < -0.3 is 5.32 Å². The smallest absolute Gasteiger partial charge is 0.269 e. The van der Waals surface area contributed by atoms with Gasteiger partial charge in [0.25, 0.3) is 5.69 Å².